The van der Waals surface area contributed by atoms with Crippen molar-refractivity contribution in [3.8, 4) is 0 Å². The van der Waals surface area contributed by atoms with Gasteiger partial charge in [0.15, 0.2) is 0 Å². The van der Waals surface area contributed by atoms with Crippen molar-refractivity contribution < 1.29 is 4.74 Å². The van der Waals surface area contributed by atoms with Crippen molar-refractivity contribution in [3.05, 3.63) is 0 Å². The topological polar surface area (TPSA) is 27.7 Å². The zero-order valence-electron chi connectivity index (χ0n) is 12.3. The van der Waals surface area contributed by atoms with Crippen molar-refractivity contribution in [2.24, 2.45) is 11.8 Å². The molecule has 1 N–H and O–H groups in total. The highest BCUT2D eigenvalue weighted by Gasteiger charge is 2.35. The second-order valence-corrected chi connectivity index (χ2v) is 6.60. The number of ether oxygens (including phenoxy) is 1. The summed E-state index contributed by atoms with van der Waals surface area (Å²) in [7, 11) is 0. The summed E-state index contributed by atoms with van der Waals surface area (Å²) in [5.74, 6) is 1.75. The van der Waals surface area contributed by atoms with Gasteiger partial charge in [0.2, 0.25) is 0 Å². The van der Waals surface area contributed by atoms with Crippen LogP contribution in [0.15, 0.2) is 0 Å². The Morgan fingerprint density at radius 2 is 1.84 bits per heavy atom. The molecule has 0 spiro atoms. The van der Waals surface area contributed by atoms with E-state index in [-0.39, 0.29) is 0 Å². The van der Waals surface area contributed by atoms with Crippen LogP contribution >= 0.6 is 0 Å². The summed E-state index contributed by atoms with van der Waals surface area (Å²) in [6.45, 7) is 12.9. The molecule has 3 heterocycles. The maximum atomic E-state index is 5.48. The van der Waals surface area contributed by atoms with Crippen molar-refractivity contribution in [1.82, 2.24) is 15.1 Å². The number of rotatable bonds is 3. The van der Waals surface area contributed by atoms with E-state index in [4.69, 9.17) is 4.74 Å². The fraction of sp³-hybridized carbons (Fsp3) is 1.00. The van der Waals surface area contributed by atoms with E-state index in [1.807, 2.05) is 0 Å². The smallest absolute Gasteiger partial charge is 0.0594 e. The molecule has 0 aromatic rings. The second kappa shape index (κ2) is 6.53. The summed E-state index contributed by atoms with van der Waals surface area (Å²) in [4.78, 5) is 5.39. The molecule has 110 valence electrons. The van der Waals surface area contributed by atoms with E-state index >= 15 is 0 Å². The Balaban J connectivity index is 1.49. The Hall–Kier alpha value is -0.160. The molecule has 19 heavy (non-hydrogen) atoms. The Kier molecular flexibility index (Phi) is 4.74. The molecule has 0 bridgehead atoms. The Labute approximate surface area is 117 Å². The van der Waals surface area contributed by atoms with E-state index < -0.39 is 0 Å². The molecule has 2 unspecified atom stereocenters. The summed E-state index contributed by atoms with van der Waals surface area (Å²) in [5, 5.41) is 3.47. The molecule has 3 rings (SSSR count). The lowest BCUT2D eigenvalue weighted by Crippen LogP contribution is -2.47. The molecule has 4 nitrogen and oxygen atoms in total. The predicted octanol–water partition coefficient (Wildman–Crippen LogP) is 0.639. The Bertz CT molecular complexity index is 275. The molecule has 4 heteroatoms. The SMILES string of the molecule is CC1CN(CC2CCNCC2)CC1N1CCOCC1. The van der Waals surface area contributed by atoms with Gasteiger partial charge in [0.25, 0.3) is 0 Å². The maximum absolute atomic E-state index is 5.48. The third-order valence-corrected chi connectivity index (χ3v) is 5.14. The van der Waals surface area contributed by atoms with E-state index in [1.165, 1.54) is 45.6 Å². The van der Waals surface area contributed by atoms with Crippen molar-refractivity contribution in [2.45, 2.75) is 25.8 Å². The highest BCUT2D eigenvalue weighted by atomic mass is 16.5. The molecule has 0 aromatic heterocycles. The van der Waals surface area contributed by atoms with Crippen LogP contribution in [0, 0.1) is 11.8 Å². The molecular weight excluding hydrogens is 238 g/mol. The van der Waals surface area contributed by atoms with Crippen LogP contribution < -0.4 is 5.32 Å². The molecule has 0 amide bonds. The van der Waals surface area contributed by atoms with Crippen molar-refractivity contribution >= 4 is 0 Å². The first-order valence-electron chi connectivity index (χ1n) is 8.08. The lowest BCUT2D eigenvalue weighted by Gasteiger charge is -2.34. The summed E-state index contributed by atoms with van der Waals surface area (Å²) < 4.78 is 5.48. The van der Waals surface area contributed by atoms with Gasteiger partial charge in [-0.2, -0.15) is 0 Å². The first-order valence-corrected chi connectivity index (χ1v) is 8.08. The van der Waals surface area contributed by atoms with Gasteiger partial charge in [0, 0.05) is 38.8 Å². The number of piperidine rings is 1. The molecule has 3 aliphatic rings. The zero-order chi connectivity index (χ0) is 13.1. The van der Waals surface area contributed by atoms with E-state index in [9.17, 15) is 0 Å². The maximum Gasteiger partial charge on any atom is 0.0594 e. The number of nitrogens with one attached hydrogen (secondary N) is 1. The summed E-state index contributed by atoms with van der Waals surface area (Å²) in [6, 6.07) is 0.769. The van der Waals surface area contributed by atoms with Crippen LogP contribution in [-0.2, 0) is 4.74 Å². The fourth-order valence-electron chi connectivity index (χ4n) is 4.01. The molecule has 3 fully saturated rings. The van der Waals surface area contributed by atoms with Gasteiger partial charge < -0.3 is 15.0 Å². The predicted molar refractivity (Wildman–Crippen MR) is 77.4 cm³/mol. The molecule has 0 aliphatic carbocycles. The van der Waals surface area contributed by atoms with E-state index in [2.05, 4.69) is 22.0 Å². The van der Waals surface area contributed by atoms with Gasteiger partial charge >= 0.3 is 0 Å². The van der Waals surface area contributed by atoms with Crippen LogP contribution in [0.3, 0.4) is 0 Å². The molecule has 3 saturated heterocycles. The lowest BCUT2D eigenvalue weighted by atomic mass is 9.98. The lowest BCUT2D eigenvalue weighted by molar-refractivity contribution is 0.0116. The van der Waals surface area contributed by atoms with E-state index in [0.717, 1.165) is 44.2 Å². The number of nitrogens with zero attached hydrogens (tertiary/aromatic N) is 2. The minimum atomic E-state index is 0.769. The first kappa shape index (κ1) is 13.8. The van der Waals surface area contributed by atoms with Gasteiger partial charge in [-0.05, 0) is 37.8 Å². The fourth-order valence-corrected chi connectivity index (χ4v) is 4.01. The third kappa shape index (κ3) is 3.48. The van der Waals surface area contributed by atoms with Crippen LogP contribution in [-0.4, -0.2) is 74.9 Å². The summed E-state index contributed by atoms with van der Waals surface area (Å²) >= 11 is 0. The molecule has 0 saturated carbocycles. The van der Waals surface area contributed by atoms with E-state index in [0.29, 0.717) is 0 Å². The van der Waals surface area contributed by atoms with Crippen LogP contribution in [0.25, 0.3) is 0 Å². The zero-order valence-corrected chi connectivity index (χ0v) is 12.3. The van der Waals surface area contributed by atoms with Crippen LogP contribution in [0.1, 0.15) is 19.8 Å². The standard InChI is InChI=1S/C15H29N3O/c1-13-10-17(11-14-2-4-16-5-3-14)12-15(13)18-6-8-19-9-7-18/h13-16H,2-12H2,1H3. The first-order chi connectivity index (χ1) is 9.33. The van der Waals surface area contributed by atoms with Crippen LogP contribution in [0.5, 0.6) is 0 Å². The number of hydrogen-bond acceptors (Lipinski definition) is 4. The Morgan fingerprint density at radius 1 is 1.11 bits per heavy atom. The minimum absolute atomic E-state index is 0.769. The minimum Gasteiger partial charge on any atom is -0.379 e. The van der Waals surface area contributed by atoms with Gasteiger partial charge in [0.05, 0.1) is 13.2 Å². The summed E-state index contributed by atoms with van der Waals surface area (Å²) in [6.07, 6.45) is 2.74. The number of hydrogen-bond donors (Lipinski definition) is 1. The van der Waals surface area contributed by atoms with Gasteiger partial charge in [-0.15, -0.1) is 0 Å². The molecule has 3 aliphatic heterocycles. The third-order valence-electron chi connectivity index (χ3n) is 5.14. The highest BCUT2D eigenvalue weighted by Crippen LogP contribution is 2.25. The largest absolute Gasteiger partial charge is 0.379 e. The number of morpholine rings is 1. The van der Waals surface area contributed by atoms with E-state index in [1.54, 1.807) is 0 Å². The average molecular weight is 267 g/mol. The van der Waals surface area contributed by atoms with Gasteiger partial charge in [-0.25, -0.2) is 0 Å². The van der Waals surface area contributed by atoms with Crippen molar-refractivity contribution in [3.63, 3.8) is 0 Å². The van der Waals surface area contributed by atoms with Gasteiger partial charge in [-0.3, -0.25) is 4.90 Å². The van der Waals surface area contributed by atoms with Crippen LogP contribution in [0.4, 0.5) is 0 Å². The van der Waals surface area contributed by atoms with Crippen LogP contribution in [0.2, 0.25) is 0 Å². The monoisotopic (exact) mass is 267 g/mol. The Morgan fingerprint density at radius 3 is 2.58 bits per heavy atom. The summed E-state index contributed by atoms with van der Waals surface area (Å²) in [5.41, 5.74) is 0. The highest BCUT2D eigenvalue weighted by molar-refractivity contribution is 4.90. The molecule has 0 radical (unpaired) electrons. The molecular formula is C15H29N3O. The molecule has 0 aromatic carbocycles. The molecule has 2 atom stereocenters. The normalized spacial score (nSPS) is 35.8. The average Bonchev–Trinajstić information content (AvgIpc) is 2.82. The number of likely N-dealkylation sites (tertiary alicyclic amines) is 1. The van der Waals surface area contributed by atoms with Gasteiger partial charge in [0.1, 0.15) is 0 Å². The second-order valence-electron chi connectivity index (χ2n) is 6.60. The van der Waals surface area contributed by atoms with Crippen molar-refractivity contribution in [1.29, 1.82) is 0 Å². The van der Waals surface area contributed by atoms with Crippen molar-refractivity contribution in [2.75, 3.05) is 59.0 Å². The quantitative estimate of drug-likeness (QED) is 0.812. The van der Waals surface area contributed by atoms with Gasteiger partial charge in [-0.1, -0.05) is 6.92 Å².